The Hall–Kier alpha value is -1.75. The van der Waals surface area contributed by atoms with Crippen LogP contribution in [0.5, 0.6) is 0 Å². The van der Waals surface area contributed by atoms with Crippen LogP contribution in [0.4, 0.5) is 5.69 Å². The first kappa shape index (κ1) is 22.2. The van der Waals surface area contributed by atoms with Gasteiger partial charge in [0.2, 0.25) is 11.8 Å². The number of nitrogens with zero attached hydrogens (tertiary/aromatic N) is 1. The summed E-state index contributed by atoms with van der Waals surface area (Å²) in [5.74, 6) is 0.00382. The zero-order chi connectivity index (χ0) is 17.1. The molecule has 24 heavy (non-hydrogen) atoms. The van der Waals surface area contributed by atoms with E-state index in [-0.39, 0.29) is 37.1 Å². The average molecular weight is 356 g/mol. The lowest BCUT2D eigenvalue weighted by Gasteiger charge is -2.21. The van der Waals surface area contributed by atoms with Crippen LogP contribution in [0.2, 0.25) is 0 Å². The Kier molecular flexibility index (Phi) is 11.7. The van der Waals surface area contributed by atoms with Crippen molar-refractivity contribution in [1.29, 1.82) is 0 Å². The standard InChI is InChI=1S/C18H29N3O2.ClH/c1-3-13-21(14-4-2)18(23)10-9-17(22)20-12-11-15-5-7-16(19)8-6-15;/h5-8H,3-4,9-14,19H2,1-2H3,(H,20,22);1H. The average Bonchev–Trinajstić information content (AvgIpc) is 2.54. The molecule has 0 aliphatic heterocycles. The van der Waals surface area contributed by atoms with E-state index in [1.54, 1.807) is 0 Å². The highest BCUT2D eigenvalue weighted by Gasteiger charge is 2.13. The highest BCUT2D eigenvalue weighted by Crippen LogP contribution is 2.06. The molecule has 0 bridgehead atoms. The minimum absolute atomic E-state index is 0. The van der Waals surface area contributed by atoms with Crippen LogP contribution in [0.3, 0.4) is 0 Å². The van der Waals surface area contributed by atoms with Gasteiger partial charge in [0.25, 0.3) is 0 Å². The number of hydrogen-bond donors (Lipinski definition) is 2. The van der Waals surface area contributed by atoms with E-state index in [4.69, 9.17) is 5.73 Å². The molecule has 0 saturated heterocycles. The molecule has 1 aromatic carbocycles. The summed E-state index contributed by atoms with van der Waals surface area (Å²) >= 11 is 0. The van der Waals surface area contributed by atoms with Gasteiger partial charge in [-0.1, -0.05) is 26.0 Å². The van der Waals surface area contributed by atoms with Crippen LogP contribution in [0.15, 0.2) is 24.3 Å². The van der Waals surface area contributed by atoms with E-state index >= 15 is 0 Å². The van der Waals surface area contributed by atoms with Crippen molar-refractivity contribution in [3.05, 3.63) is 29.8 Å². The molecule has 1 rings (SSSR count). The third-order valence-electron chi connectivity index (χ3n) is 3.62. The zero-order valence-corrected chi connectivity index (χ0v) is 15.5. The van der Waals surface area contributed by atoms with Crippen molar-refractivity contribution in [3.63, 3.8) is 0 Å². The molecule has 0 spiro atoms. The van der Waals surface area contributed by atoms with Gasteiger partial charge >= 0.3 is 0 Å². The largest absolute Gasteiger partial charge is 0.399 e. The Balaban J connectivity index is 0.00000529. The highest BCUT2D eigenvalue weighted by molar-refractivity contribution is 5.85. The Morgan fingerprint density at radius 1 is 1.04 bits per heavy atom. The molecule has 0 heterocycles. The Morgan fingerprint density at radius 3 is 2.17 bits per heavy atom. The van der Waals surface area contributed by atoms with Crippen LogP contribution < -0.4 is 11.1 Å². The molecule has 0 aromatic heterocycles. The van der Waals surface area contributed by atoms with Gasteiger partial charge in [0.1, 0.15) is 0 Å². The molecule has 0 atom stereocenters. The third-order valence-corrected chi connectivity index (χ3v) is 3.62. The zero-order valence-electron chi connectivity index (χ0n) is 14.7. The van der Waals surface area contributed by atoms with E-state index in [2.05, 4.69) is 19.2 Å². The predicted molar refractivity (Wildman–Crippen MR) is 101 cm³/mol. The maximum absolute atomic E-state index is 12.1. The van der Waals surface area contributed by atoms with Crippen molar-refractivity contribution in [2.75, 3.05) is 25.4 Å². The van der Waals surface area contributed by atoms with Crippen molar-refractivity contribution in [1.82, 2.24) is 10.2 Å². The number of amides is 2. The fourth-order valence-electron chi connectivity index (χ4n) is 2.40. The van der Waals surface area contributed by atoms with Crippen molar-refractivity contribution < 1.29 is 9.59 Å². The van der Waals surface area contributed by atoms with E-state index < -0.39 is 0 Å². The molecule has 0 aliphatic rings. The summed E-state index contributed by atoms with van der Waals surface area (Å²) in [5, 5.41) is 2.86. The minimum atomic E-state index is -0.0678. The van der Waals surface area contributed by atoms with Crippen LogP contribution in [0.1, 0.15) is 45.1 Å². The van der Waals surface area contributed by atoms with E-state index in [0.717, 1.165) is 43.6 Å². The maximum atomic E-state index is 12.1. The second-order valence-electron chi connectivity index (χ2n) is 5.72. The topological polar surface area (TPSA) is 75.4 Å². The second-order valence-corrected chi connectivity index (χ2v) is 5.72. The van der Waals surface area contributed by atoms with Gasteiger partial charge in [-0.05, 0) is 37.0 Å². The summed E-state index contributed by atoms with van der Waals surface area (Å²) < 4.78 is 0. The van der Waals surface area contributed by atoms with Crippen molar-refractivity contribution in [2.24, 2.45) is 0 Å². The molecule has 0 unspecified atom stereocenters. The van der Waals surface area contributed by atoms with Crippen LogP contribution in [-0.4, -0.2) is 36.3 Å². The molecule has 2 amide bonds. The highest BCUT2D eigenvalue weighted by atomic mass is 35.5. The lowest BCUT2D eigenvalue weighted by Crippen LogP contribution is -2.34. The number of rotatable bonds is 10. The molecule has 0 fully saturated rings. The quantitative estimate of drug-likeness (QED) is 0.634. The second kappa shape index (κ2) is 12.6. The molecule has 0 radical (unpaired) electrons. The molecular weight excluding hydrogens is 326 g/mol. The van der Waals surface area contributed by atoms with Gasteiger partial charge in [0, 0.05) is 38.2 Å². The number of halogens is 1. The van der Waals surface area contributed by atoms with Gasteiger partial charge in [-0.25, -0.2) is 0 Å². The lowest BCUT2D eigenvalue weighted by molar-refractivity contribution is -0.133. The fraction of sp³-hybridized carbons (Fsp3) is 0.556. The van der Waals surface area contributed by atoms with E-state index in [0.29, 0.717) is 6.54 Å². The van der Waals surface area contributed by atoms with Crippen molar-refractivity contribution >= 4 is 29.9 Å². The third kappa shape index (κ3) is 8.77. The van der Waals surface area contributed by atoms with Gasteiger partial charge < -0.3 is 16.0 Å². The first-order valence-electron chi connectivity index (χ1n) is 8.45. The number of carbonyl (C=O) groups excluding carboxylic acids is 2. The van der Waals surface area contributed by atoms with Gasteiger partial charge in [0.15, 0.2) is 0 Å². The first-order valence-corrected chi connectivity index (χ1v) is 8.45. The van der Waals surface area contributed by atoms with Crippen LogP contribution in [0.25, 0.3) is 0 Å². The SMILES string of the molecule is CCCN(CCC)C(=O)CCC(=O)NCCc1ccc(N)cc1.Cl. The summed E-state index contributed by atoms with van der Waals surface area (Å²) in [5.41, 5.74) is 7.50. The first-order chi connectivity index (χ1) is 11.1. The lowest BCUT2D eigenvalue weighted by atomic mass is 10.1. The number of nitrogens with two attached hydrogens (primary N) is 1. The summed E-state index contributed by atoms with van der Waals surface area (Å²) in [6.07, 6.45) is 3.19. The van der Waals surface area contributed by atoms with Crippen molar-refractivity contribution in [2.45, 2.75) is 46.0 Å². The van der Waals surface area contributed by atoms with Crippen LogP contribution in [-0.2, 0) is 16.0 Å². The molecule has 0 aliphatic carbocycles. The Morgan fingerprint density at radius 2 is 1.62 bits per heavy atom. The number of carbonyl (C=O) groups is 2. The normalized spacial score (nSPS) is 9.92. The monoisotopic (exact) mass is 355 g/mol. The van der Waals surface area contributed by atoms with Crippen LogP contribution >= 0.6 is 12.4 Å². The molecule has 3 N–H and O–H groups in total. The molecular formula is C18H30ClN3O2. The number of nitrogen functional groups attached to an aromatic ring is 1. The summed E-state index contributed by atoms with van der Waals surface area (Å²) in [6, 6.07) is 7.62. The number of anilines is 1. The smallest absolute Gasteiger partial charge is 0.223 e. The molecule has 5 nitrogen and oxygen atoms in total. The number of hydrogen-bond acceptors (Lipinski definition) is 3. The maximum Gasteiger partial charge on any atom is 0.223 e. The van der Waals surface area contributed by atoms with Gasteiger partial charge in [-0.2, -0.15) is 0 Å². The van der Waals surface area contributed by atoms with E-state index in [1.807, 2.05) is 29.2 Å². The predicted octanol–water partition coefficient (Wildman–Crippen LogP) is 2.78. The molecule has 136 valence electrons. The fourth-order valence-corrected chi connectivity index (χ4v) is 2.40. The summed E-state index contributed by atoms with van der Waals surface area (Å²) in [6.45, 7) is 6.22. The van der Waals surface area contributed by atoms with E-state index in [1.165, 1.54) is 0 Å². The Labute approximate surface area is 151 Å². The van der Waals surface area contributed by atoms with Gasteiger partial charge in [0.05, 0.1) is 0 Å². The summed E-state index contributed by atoms with van der Waals surface area (Å²) in [7, 11) is 0. The molecule has 1 aromatic rings. The van der Waals surface area contributed by atoms with E-state index in [9.17, 15) is 9.59 Å². The summed E-state index contributed by atoms with van der Waals surface area (Å²) in [4.78, 5) is 25.8. The van der Waals surface area contributed by atoms with Gasteiger partial charge in [-0.15, -0.1) is 12.4 Å². The number of nitrogens with one attached hydrogen (secondary N) is 1. The molecule has 0 saturated carbocycles. The van der Waals surface area contributed by atoms with Gasteiger partial charge in [-0.3, -0.25) is 9.59 Å². The Bertz CT molecular complexity index is 486. The molecule has 6 heteroatoms. The van der Waals surface area contributed by atoms with Crippen molar-refractivity contribution in [3.8, 4) is 0 Å². The number of benzene rings is 1. The minimum Gasteiger partial charge on any atom is -0.399 e. The van der Waals surface area contributed by atoms with Crippen LogP contribution in [0, 0.1) is 0 Å².